The molecule has 0 unspecified atom stereocenters. The van der Waals surface area contributed by atoms with E-state index in [1.165, 1.54) is 22.6 Å². The molecular weight excluding hydrogens is 144 g/mol. The Morgan fingerprint density at radius 3 is 2.75 bits per heavy atom. The molecule has 2 rings (SSSR count). The van der Waals surface area contributed by atoms with Crippen molar-refractivity contribution in [2.45, 2.75) is 20.3 Å². The first-order valence-electron chi connectivity index (χ1n) is 4.46. The van der Waals surface area contributed by atoms with Crippen LogP contribution in [0.1, 0.15) is 20.3 Å². The lowest BCUT2D eigenvalue weighted by atomic mass is 9.88. The van der Waals surface area contributed by atoms with E-state index in [1.807, 2.05) is 0 Å². The molecule has 0 amide bonds. The molecule has 12 heavy (non-hydrogen) atoms. The highest BCUT2D eigenvalue weighted by Gasteiger charge is 2.20. The van der Waals surface area contributed by atoms with Gasteiger partial charge in [-0.15, -0.1) is 0 Å². The van der Waals surface area contributed by atoms with Gasteiger partial charge in [-0.05, 0) is 18.9 Å². The highest BCUT2D eigenvalue weighted by Crippen LogP contribution is 2.36. The maximum Gasteiger partial charge on any atom is 0.0519 e. The van der Waals surface area contributed by atoms with Gasteiger partial charge in [0.25, 0.3) is 0 Å². The maximum absolute atomic E-state index is 2.27. The van der Waals surface area contributed by atoms with Gasteiger partial charge in [-0.3, -0.25) is 0 Å². The highest BCUT2D eigenvalue weighted by atomic mass is 14.2. The van der Waals surface area contributed by atoms with Gasteiger partial charge in [-0.1, -0.05) is 48.5 Å². The molecule has 0 aliphatic heterocycles. The van der Waals surface area contributed by atoms with Crippen LogP contribution < -0.4 is 0 Å². The molecular formula is C12H13. The van der Waals surface area contributed by atoms with Crippen LogP contribution in [0.4, 0.5) is 0 Å². The molecule has 0 heterocycles. The third-order valence-corrected chi connectivity index (χ3v) is 2.40. The molecule has 0 saturated carbocycles. The Hall–Kier alpha value is -1.04. The summed E-state index contributed by atoms with van der Waals surface area (Å²) in [7, 11) is 0. The average Bonchev–Trinajstić information content (AvgIpc) is 2.46. The van der Waals surface area contributed by atoms with E-state index in [-0.39, 0.29) is 0 Å². The summed E-state index contributed by atoms with van der Waals surface area (Å²) in [5.41, 5.74) is 4.19. The summed E-state index contributed by atoms with van der Waals surface area (Å²) in [5, 5.41) is 0. The van der Waals surface area contributed by atoms with Crippen LogP contribution in [0.25, 0.3) is 0 Å². The summed E-state index contributed by atoms with van der Waals surface area (Å²) in [4.78, 5) is 0. The zero-order chi connectivity index (χ0) is 8.55. The molecule has 1 radical (unpaired) electrons. The molecule has 0 aromatic rings. The monoisotopic (exact) mass is 157 g/mol. The van der Waals surface area contributed by atoms with Crippen molar-refractivity contribution in [3.05, 3.63) is 53.0 Å². The van der Waals surface area contributed by atoms with Crippen LogP contribution in [-0.4, -0.2) is 0 Å². The van der Waals surface area contributed by atoms with Gasteiger partial charge in [-0.25, -0.2) is 0 Å². The number of rotatable bonds is 1. The fraction of sp³-hybridized carbons (Fsp3) is 0.250. The first-order valence-corrected chi connectivity index (χ1v) is 4.46. The zero-order valence-corrected chi connectivity index (χ0v) is 7.59. The van der Waals surface area contributed by atoms with Crippen LogP contribution in [0.5, 0.6) is 0 Å². The minimum Gasteiger partial charge on any atom is -0.0655 e. The van der Waals surface area contributed by atoms with Crippen LogP contribution in [-0.2, 0) is 0 Å². The van der Waals surface area contributed by atoms with E-state index in [9.17, 15) is 0 Å². The Kier molecular flexibility index (Phi) is 1.76. The molecule has 0 fully saturated rings. The van der Waals surface area contributed by atoms with Crippen molar-refractivity contribution >= 4 is 0 Å². The summed E-state index contributed by atoms with van der Waals surface area (Å²) >= 11 is 0. The van der Waals surface area contributed by atoms with Gasteiger partial charge >= 0.3 is 0 Å². The minimum atomic E-state index is 1.13. The Labute approximate surface area is 74.0 Å². The topological polar surface area (TPSA) is 0 Å². The molecule has 0 bridgehead atoms. The minimum absolute atomic E-state index is 1.13. The molecule has 0 atom stereocenters. The van der Waals surface area contributed by atoms with Crippen molar-refractivity contribution in [2.24, 2.45) is 0 Å². The van der Waals surface area contributed by atoms with Crippen molar-refractivity contribution < 1.29 is 0 Å². The fourth-order valence-corrected chi connectivity index (χ4v) is 1.68. The van der Waals surface area contributed by atoms with Gasteiger partial charge in [0.05, 0.1) is 5.92 Å². The summed E-state index contributed by atoms with van der Waals surface area (Å²) in [6.07, 6.45) is 12.2. The SMILES string of the molecule is CCC1=CC=C2C=CC(C)=C[C]21. The maximum atomic E-state index is 2.27. The van der Waals surface area contributed by atoms with Crippen LogP contribution in [0.2, 0.25) is 0 Å². The summed E-state index contributed by atoms with van der Waals surface area (Å²) in [5.74, 6) is 1.43. The predicted molar refractivity (Wildman–Crippen MR) is 52.6 cm³/mol. The van der Waals surface area contributed by atoms with E-state index in [2.05, 4.69) is 44.2 Å². The normalized spacial score (nSPS) is 21.7. The van der Waals surface area contributed by atoms with E-state index >= 15 is 0 Å². The van der Waals surface area contributed by atoms with E-state index in [0.717, 1.165) is 6.42 Å². The highest BCUT2D eigenvalue weighted by molar-refractivity contribution is 5.63. The smallest absolute Gasteiger partial charge is 0.0519 e. The van der Waals surface area contributed by atoms with Crippen molar-refractivity contribution in [2.75, 3.05) is 0 Å². The third kappa shape index (κ3) is 1.08. The molecule has 0 nitrogen and oxygen atoms in total. The van der Waals surface area contributed by atoms with Crippen LogP contribution >= 0.6 is 0 Å². The lowest BCUT2D eigenvalue weighted by Crippen LogP contribution is -2.00. The van der Waals surface area contributed by atoms with Gasteiger partial charge in [0, 0.05) is 0 Å². The molecule has 0 spiro atoms. The van der Waals surface area contributed by atoms with Gasteiger partial charge in [0.2, 0.25) is 0 Å². The molecule has 2 aliphatic carbocycles. The first-order chi connectivity index (χ1) is 5.81. The summed E-state index contributed by atoms with van der Waals surface area (Å²) in [6, 6.07) is 0. The second-order valence-electron chi connectivity index (χ2n) is 3.30. The molecule has 0 N–H and O–H groups in total. The van der Waals surface area contributed by atoms with E-state index in [0.29, 0.717) is 0 Å². The summed E-state index contributed by atoms with van der Waals surface area (Å²) < 4.78 is 0. The molecule has 0 saturated heterocycles. The van der Waals surface area contributed by atoms with Crippen molar-refractivity contribution in [3.8, 4) is 0 Å². The van der Waals surface area contributed by atoms with Gasteiger partial charge in [0.15, 0.2) is 0 Å². The molecule has 2 aliphatic rings. The Bertz CT molecular complexity index is 311. The van der Waals surface area contributed by atoms with Crippen molar-refractivity contribution in [1.29, 1.82) is 0 Å². The molecule has 61 valence electrons. The quantitative estimate of drug-likeness (QED) is 0.547. The fourth-order valence-electron chi connectivity index (χ4n) is 1.68. The lowest BCUT2D eigenvalue weighted by Gasteiger charge is -2.15. The number of allylic oxidation sites excluding steroid dienone is 8. The second-order valence-corrected chi connectivity index (χ2v) is 3.30. The van der Waals surface area contributed by atoms with Crippen LogP contribution in [0, 0.1) is 5.92 Å². The Morgan fingerprint density at radius 2 is 2.00 bits per heavy atom. The summed E-state index contributed by atoms with van der Waals surface area (Å²) in [6.45, 7) is 4.35. The molecule has 0 heteroatoms. The second kappa shape index (κ2) is 2.78. The Balaban J connectivity index is 2.32. The average molecular weight is 157 g/mol. The standard InChI is InChI=1S/C12H13/c1-3-10-6-7-11-5-4-9(2)8-12(10)11/h4-8H,3H2,1-2H3. The van der Waals surface area contributed by atoms with E-state index < -0.39 is 0 Å². The number of hydrogen-bond donors (Lipinski definition) is 0. The zero-order valence-electron chi connectivity index (χ0n) is 7.59. The van der Waals surface area contributed by atoms with Crippen LogP contribution in [0.15, 0.2) is 47.1 Å². The van der Waals surface area contributed by atoms with Gasteiger partial charge in [0.1, 0.15) is 0 Å². The van der Waals surface area contributed by atoms with E-state index in [4.69, 9.17) is 0 Å². The van der Waals surface area contributed by atoms with Crippen molar-refractivity contribution in [3.63, 3.8) is 0 Å². The third-order valence-electron chi connectivity index (χ3n) is 2.40. The number of hydrogen-bond acceptors (Lipinski definition) is 0. The molecule has 0 aromatic carbocycles. The van der Waals surface area contributed by atoms with Gasteiger partial charge in [-0.2, -0.15) is 0 Å². The van der Waals surface area contributed by atoms with Crippen LogP contribution in [0.3, 0.4) is 0 Å². The largest absolute Gasteiger partial charge is 0.0655 e. The lowest BCUT2D eigenvalue weighted by molar-refractivity contribution is 1.07. The first kappa shape index (κ1) is 7.60. The molecule has 0 aromatic heterocycles. The van der Waals surface area contributed by atoms with Gasteiger partial charge < -0.3 is 0 Å². The van der Waals surface area contributed by atoms with Crippen molar-refractivity contribution in [1.82, 2.24) is 0 Å². The predicted octanol–water partition coefficient (Wildman–Crippen LogP) is 3.35. The number of fused-ring (bicyclic) bond motifs is 1. The Morgan fingerprint density at radius 1 is 1.17 bits per heavy atom. The van der Waals surface area contributed by atoms with E-state index in [1.54, 1.807) is 0 Å².